The molecule has 0 spiro atoms. The van der Waals surface area contributed by atoms with Crippen molar-refractivity contribution < 1.29 is 0 Å². The molecule has 1 fully saturated rings. The zero-order valence-corrected chi connectivity index (χ0v) is 9.29. The van der Waals surface area contributed by atoms with Crippen LogP contribution in [0.3, 0.4) is 0 Å². The second kappa shape index (κ2) is 2.98. The summed E-state index contributed by atoms with van der Waals surface area (Å²) < 4.78 is 0. The second-order valence-electron chi connectivity index (χ2n) is 5.44. The second-order valence-corrected chi connectivity index (χ2v) is 5.44. The summed E-state index contributed by atoms with van der Waals surface area (Å²) in [6.45, 7) is 0. The van der Waals surface area contributed by atoms with Crippen molar-refractivity contribution >= 4 is 0 Å². The molecule has 2 heteroatoms. The lowest BCUT2D eigenvalue weighted by atomic mass is 9.59. The van der Waals surface area contributed by atoms with Crippen LogP contribution in [0, 0.1) is 33.5 Å². The van der Waals surface area contributed by atoms with E-state index < -0.39 is 0 Å². The molecule has 0 aliphatic heterocycles. The van der Waals surface area contributed by atoms with E-state index in [0.29, 0.717) is 0 Å². The van der Waals surface area contributed by atoms with Crippen molar-refractivity contribution in [1.82, 2.24) is 0 Å². The fourth-order valence-electron chi connectivity index (χ4n) is 4.04. The van der Waals surface area contributed by atoms with Crippen LogP contribution in [0.1, 0.15) is 38.5 Å². The van der Waals surface area contributed by atoms with Crippen LogP contribution in [-0.2, 0) is 0 Å². The van der Waals surface area contributed by atoms with Crippen LogP contribution in [0.2, 0.25) is 0 Å². The highest BCUT2D eigenvalue weighted by molar-refractivity contribution is 5.46. The molecule has 1 saturated carbocycles. The van der Waals surface area contributed by atoms with Crippen LogP contribution in [-0.4, -0.2) is 0 Å². The van der Waals surface area contributed by atoms with Crippen LogP contribution in [0.25, 0.3) is 0 Å². The topological polar surface area (TPSA) is 47.6 Å². The van der Waals surface area contributed by atoms with E-state index in [9.17, 15) is 0 Å². The van der Waals surface area contributed by atoms with E-state index in [1.54, 1.807) is 0 Å². The summed E-state index contributed by atoms with van der Waals surface area (Å²) in [6.07, 6.45) is 10.9. The third-order valence-electron chi connectivity index (χ3n) is 4.69. The average molecular weight is 210 g/mol. The van der Waals surface area contributed by atoms with Crippen molar-refractivity contribution in [2.24, 2.45) is 10.8 Å². The quantitative estimate of drug-likeness (QED) is 0.616. The van der Waals surface area contributed by atoms with E-state index in [0.717, 1.165) is 30.4 Å². The van der Waals surface area contributed by atoms with Crippen LogP contribution >= 0.6 is 0 Å². The van der Waals surface area contributed by atoms with Gasteiger partial charge in [-0.15, -0.1) is 0 Å². The Morgan fingerprint density at radius 2 is 1.50 bits per heavy atom. The number of allylic oxidation sites excluding steroid dienone is 4. The molecule has 2 nitrogen and oxygen atoms in total. The molecular formula is C14H14N2. The Morgan fingerprint density at radius 3 is 2.00 bits per heavy atom. The molecule has 0 N–H and O–H groups in total. The maximum absolute atomic E-state index is 9.08. The highest BCUT2D eigenvalue weighted by Gasteiger charge is 2.57. The van der Waals surface area contributed by atoms with E-state index >= 15 is 0 Å². The summed E-state index contributed by atoms with van der Waals surface area (Å²) in [7, 11) is 0. The zero-order chi connectivity index (χ0) is 11.2. The van der Waals surface area contributed by atoms with Gasteiger partial charge in [-0.05, 0) is 31.1 Å². The number of nitrogens with zero attached hydrogens (tertiary/aromatic N) is 2. The Hall–Kier alpha value is -1.54. The molecule has 3 aliphatic rings. The van der Waals surface area contributed by atoms with E-state index in [2.05, 4.69) is 24.3 Å². The Labute approximate surface area is 95.9 Å². The molecule has 3 rings (SSSR count). The van der Waals surface area contributed by atoms with Gasteiger partial charge in [0.15, 0.2) is 0 Å². The molecule has 0 unspecified atom stereocenters. The highest BCUT2D eigenvalue weighted by atomic mass is 14.6. The molecule has 0 amide bonds. The fourth-order valence-corrected chi connectivity index (χ4v) is 4.04. The first-order valence-corrected chi connectivity index (χ1v) is 5.97. The molecule has 0 aromatic rings. The van der Waals surface area contributed by atoms with Gasteiger partial charge in [-0.25, -0.2) is 0 Å². The molecule has 0 bridgehead atoms. The molecule has 3 aliphatic carbocycles. The summed E-state index contributed by atoms with van der Waals surface area (Å²) in [5, 5.41) is 18.2. The molecule has 80 valence electrons. The van der Waals surface area contributed by atoms with E-state index in [-0.39, 0.29) is 10.8 Å². The highest BCUT2D eigenvalue weighted by Crippen LogP contribution is 2.66. The predicted octanol–water partition coefficient (Wildman–Crippen LogP) is 3.24. The van der Waals surface area contributed by atoms with Crippen LogP contribution in [0.4, 0.5) is 0 Å². The maximum atomic E-state index is 9.08. The van der Waals surface area contributed by atoms with Gasteiger partial charge >= 0.3 is 0 Å². The van der Waals surface area contributed by atoms with Crippen molar-refractivity contribution in [1.29, 1.82) is 10.5 Å². The third-order valence-corrected chi connectivity index (χ3v) is 4.69. The lowest BCUT2D eigenvalue weighted by Crippen LogP contribution is -2.35. The Kier molecular flexibility index (Phi) is 1.80. The van der Waals surface area contributed by atoms with Gasteiger partial charge in [0.1, 0.15) is 0 Å². The first-order valence-electron chi connectivity index (χ1n) is 5.97. The fraction of sp³-hybridized carbons (Fsp3) is 0.571. The van der Waals surface area contributed by atoms with Gasteiger partial charge in [0, 0.05) is 16.6 Å². The monoisotopic (exact) mass is 210 g/mol. The van der Waals surface area contributed by atoms with Gasteiger partial charge in [-0.2, -0.15) is 10.5 Å². The van der Waals surface area contributed by atoms with Crippen molar-refractivity contribution in [2.45, 2.75) is 38.5 Å². The molecule has 16 heavy (non-hydrogen) atoms. The molecule has 0 atom stereocenters. The Balaban J connectivity index is 2.11. The van der Waals surface area contributed by atoms with Crippen molar-refractivity contribution in [2.75, 3.05) is 0 Å². The summed E-state index contributed by atoms with van der Waals surface area (Å²) in [5.74, 6) is 0. The maximum Gasteiger partial charge on any atom is 0.0944 e. The smallest absolute Gasteiger partial charge is 0.0944 e. The van der Waals surface area contributed by atoms with E-state index in [1.807, 2.05) is 0 Å². The molecule has 0 heterocycles. The summed E-state index contributed by atoms with van der Waals surface area (Å²) in [6, 6.07) is 4.64. The number of rotatable bonds is 0. The van der Waals surface area contributed by atoms with Crippen molar-refractivity contribution in [3.8, 4) is 12.1 Å². The third kappa shape index (κ3) is 1.000. The zero-order valence-electron chi connectivity index (χ0n) is 9.29. The number of hydrogen-bond donors (Lipinski definition) is 0. The minimum Gasteiger partial charge on any atom is -0.193 e. The molecule has 0 saturated heterocycles. The van der Waals surface area contributed by atoms with Crippen LogP contribution < -0.4 is 0 Å². The lowest BCUT2D eigenvalue weighted by Gasteiger charge is -2.44. The average Bonchev–Trinajstić information content (AvgIpc) is 2.77. The van der Waals surface area contributed by atoms with Gasteiger partial charge in [-0.3, -0.25) is 0 Å². The largest absolute Gasteiger partial charge is 0.193 e. The van der Waals surface area contributed by atoms with E-state index in [4.69, 9.17) is 10.5 Å². The normalized spacial score (nSPS) is 40.1. The van der Waals surface area contributed by atoms with Gasteiger partial charge in [-0.1, -0.05) is 25.0 Å². The van der Waals surface area contributed by atoms with Gasteiger partial charge in [0.2, 0.25) is 0 Å². The van der Waals surface area contributed by atoms with Gasteiger partial charge < -0.3 is 0 Å². The summed E-state index contributed by atoms with van der Waals surface area (Å²) in [4.78, 5) is 0. The van der Waals surface area contributed by atoms with Crippen LogP contribution in [0.5, 0.6) is 0 Å². The summed E-state index contributed by atoms with van der Waals surface area (Å²) in [5.41, 5.74) is 2.13. The Bertz CT molecular complexity index is 448. The van der Waals surface area contributed by atoms with Gasteiger partial charge in [0.25, 0.3) is 0 Å². The van der Waals surface area contributed by atoms with Crippen molar-refractivity contribution in [3.05, 3.63) is 23.3 Å². The first kappa shape index (κ1) is 9.67. The molecule has 0 radical (unpaired) electrons. The van der Waals surface area contributed by atoms with Crippen molar-refractivity contribution in [3.63, 3.8) is 0 Å². The lowest BCUT2D eigenvalue weighted by molar-refractivity contribution is 0.101. The molecule has 0 aromatic heterocycles. The summed E-state index contributed by atoms with van der Waals surface area (Å²) >= 11 is 0. The van der Waals surface area contributed by atoms with Crippen LogP contribution in [0.15, 0.2) is 23.3 Å². The minimum absolute atomic E-state index is 0.0569. The first-order chi connectivity index (χ1) is 7.74. The number of hydrogen-bond acceptors (Lipinski definition) is 2. The molecule has 0 aromatic carbocycles. The minimum atomic E-state index is 0.0569. The van der Waals surface area contributed by atoms with E-state index in [1.165, 1.54) is 19.3 Å². The number of nitriles is 2. The van der Waals surface area contributed by atoms with Gasteiger partial charge in [0.05, 0.1) is 12.1 Å². The standard InChI is InChI=1S/C14H14N2/c15-9-11-5-13-3-1-2-4-14(13,7-11)8-12(6-13)10-16/h5-6H,1-4,7-8H2. The predicted molar refractivity (Wildman–Crippen MR) is 60.0 cm³/mol. The molecular weight excluding hydrogens is 196 g/mol. The SMILES string of the molecule is N#CC1=CC23C=C(C#N)CC2(CCCC3)C1. The Morgan fingerprint density at radius 1 is 0.938 bits per heavy atom.